The highest BCUT2D eigenvalue weighted by molar-refractivity contribution is 5.80. The van der Waals surface area contributed by atoms with Crippen LogP contribution in [0.5, 0.6) is 0 Å². The smallest absolute Gasteiger partial charge is 0.416 e. The van der Waals surface area contributed by atoms with E-state index in [1.165, 1.54) is 6.92 Å². The second-order valence-corrected chi connectivity index (χ2v) is 19.9. The van der Waals surface area contributed by atoms with Crippen LogP contribution in [-0.2, 0) is 53.4 Å². The largest absolute Gasteiger partial charge is 0.466 e. The van der Waals surface area contributed by atoms with E-state index in [2.05, 4.69) is 10.2 Å². The Hall–Kier alpha value is -5.01. The molecule has 4 aliphatic heterocycles. The number of benzene rings is 4. The highest BCUT2D eigenvalue weighted by Crippen LogP contribution is 2.50. The number of hydrogen-bond acceptors (Lipinski definition) is 8. The Morgan fingerprint density at radius 3 is 1.82 bits per heavy atom. The molecule has 3 N–H and O–H groups in total. The first kappa shape index (κ1) is 54.8. The number of hydrogen-bond donors (Lipinski definition) is 2. The van der Waals surface area contributed by atoms with Crippen molar-refractivity contribution in [1.29, 1.82) is 0 Å². The van der Waals surface area contributed by atoms with Crippen LogP contribution in [0.2, 0.25) is 0 Å². The summed E-state index contributed by atoms with van der Waals surface area (Å²) in [6, 6.07) is 25.1. The molecule has 1 spiro atoms. The lowest BCUT2D eigenvalue weighted by molar-refractivity contribution is -0.150. The van der Waals surface area contributed by atoms with Crippen LogP contribution in [0.4, 0.5) is 39.5 Å². The number of esters is 1. The number of nitrogens with zero attached hydrogens (tertiary/aromatic N) is 2. The van der Waals surface area contributed by atoms with Gasteiger partial charge in [-0.25, -0.2) is 0 Å². The molecule has 0 aliphatic carbocycles. The van der Waals surface area contributed by atoms with E-state index >= 15 is 0 Å². The number of rotatable bonds is 14. The molecule has 0 saturated carbocycles. The number of piperazine rings is 1. The number of nitrogens with two attached hydrogens (primary N) is 1. The van der Waals surface area contributed by atoms with Crippen molar-refractivity contribution in [2.75, 3.05) is 46.0 Å². The SMILES string of the molecule is CCOC(=O)CC[C@@]1(N)CC[C@@](CO[C@H](C)c2cc(C)cc(C(F)(F)F)c2)(c2ccccc2)NC1.C[C@@H](OC[C@@]1(c2ccccc2)CC[C@@]23CCC(=O)N2CCN1C3)c1cc(C(F)(F)F)cc(C(F)(F)F)c1. The monoisotopic (exact) mass is 1020 g/mol. The van der Waals surface area contributed by atoms with Crippen molar-refractivity contribution in [3.05, 3.63) is 142 Å². The van der Waals surface area contributed by atoms with Crippen LogP contribution >= 0.6 is 0 Å². The van der Waals surface area contributed by atoms with Crippen LogP contribution in [0.15, 0.2) is 97.1 Å². The van der Waals surface area contributed by atoms with Gasteiger partial charge in [-0.15, -0.1) is 0 Å². The van der Waals surface area contributed by atoms with Crippen molar-refractivity contribution in [3.8, 4) is 0 Å². The van der Waals surface area contributed by atoms with Gasteiger partial charge in [0.25, 0.3) is 0 Å². The molecule has 4 aromatic carbocycles. The fourth-order valence-electron chi connectivity index (χ4n) is 10.8. The van der Waals surface area contributed by atoms with Crippen molar-refractivity contribution in [2.45, 2.75) is 132 Å². The van der Waals surface area contributed by atoms with Gasteiger partial charge < -0.3 is 30.2 Å². The lowest BCUT2D eigenvalue weighted by Crippen LogP contribution is -2.69. The molecular formula is C54H63F9N4O5. The number of carbonyl (C=O) groups excluding carboxylic acids is 2. The first-order chi connectivity index (χ1) is 33.8. The fraction of sp³-hybridized carbons (Fsp3) is 0.519. The predicted molar refractivity (Wildman–Crippen MR) is 252 cm³/mol. The van der Waals surface area contributed by atoms with Gasteiger partial charge in [0, 0.05) is 44.6 Å². The van der Waals surface area contributed by atoms with E-state index in [0.29, 0.717) is 76.0 Å². The highest BCUT2D eigenvalue weighted by atomic mass is 19.4. The van der Waals surface area contributed by atoms with Gasteiger partial charge >= 0.3 is 24.5 Å². The van der Waals surface area contributed by atoms with Gasteiger partial charge in [-0.2, -0.15) is 39.5 Å². The summed E-state index contributed by atoms with van der Waals surface area (Å²) in [5.74, 6) is -0.0903. The standard InChI is InChI=1S/C27H28F6N2O2.C27H35F3N2O3/c1-18(19-13-21(26(28,29)30)15-22(14-19)27(31,32)33)37-17-25(20-5-3-2-4-6-20)10-9-24-8-7-23(36)35(24)12-11-34(25)16-24;1-4-34-24(33)10-11-25(31)12-13-26(32-17-25,22-8-6-5-7-9-22)18-35-20(3)21-14-19(2)15-23(16-21)27(28,29)30/h2-6,13-15,18H,7-12,16-17H2,1H3;5-9,14-16,20,32H,4,10-13,17-18,31H2,1-3H3/t18-,24-,25-;20-,25-,26-/m11/s1. The second kappa shape index (κ2) is 21.5. The molecule has 392 valence electrons. The van der Waals surface area contributed by atoms with E-state index in [4.69, 9.17) is 19.9 Å². The van der Waals surface area contributed by atoms with Gasteiger partial charge in [0.2, 0.25) is 5.91 Å². The minimum atomic E-state index is -4.92. The maximum Gasteiger partial charge on any atom is 0.416 e. The molecule has 8 rings (SSSR count). The molecule has 7 atom stereocenters. The zero-order valence-corrected chi connectivity index (χ0v) is 40.9. The fourth-order valence-corrected chi connectivity index (χ4v) is 10.8. The van der Waals surface area contributed by atoms with E-state index in [9.17, 15) is 49.1 Å². The van der Waals surface area contributed by atoms with Gasteiger partial charge in [0.05, 0.1) is 65.3 Å². The Morgan fingerprint density at radius 1 is 0.708 bits per heavy atom. The number of halogens is 9. The van der Waals surface area contributed by atoms with Gasteiger partial charge in [-0.05, 0) is 119 Å². The molecule has 18 heteroatoms. The van der Waals surface area contributed by atoms with Crippen LogP contribution in [0.3, 0.4) is 0 Å². The number of nitrogens with one attached hydrogen (secondary N) is 1. The van der Waals surface area contributed by atoms with E-state index in [0.717, 1.165) is 48.2 Å². The Kier molecular flexibility index (Phi) is 16.3. The molecular weight excluding hydrogens is 956 g/mol. The first-order valence-electron chi connectivity index (χ1n) is 24.4. The Morgan fingerprint density at radius 2 is 1.26 bits per heavy atom. The van der Waals surface area contributed by atoms with E-state index in [-0.39, 0.29) is 48.7 Å². The molecule has 4 fully saturated rings. The van der Waals surface area contributed by atoms with Crippen LogP contribution in [0.25, 0.3) is 0 Å². The third-order valence-corrected chi connectivity index (χ3v) is 15.1. The number of piperidine rings is 2. The normalized spacial score (nSPS) is 26.3. The maximum absolute atomic E-state index is 13.4. The molecule has 4 saturated heterocycles. The second-order valence-electron chi connectivity index (χ2n) is 19.9. The molecule has 4 heterocycles. The molecule has 4 aliphatic rings. The minimum Gasteiger partial charge on any atom is -0.466 e. The summed E-state index contributed by atoms with van der Waals surface area (Å²) in [5.41, 5.74) is 4.15. The summed E-state index contributed by atoms with van der Waals surface area (Å²) in [6.45, 7) is 9.70. The number of ether oxygens (including phenoxy) is 3. The zero-order chi connectivity index (χ0) is 52.3. The summed E-state index contributed by atoms with van der Waals surface area (Å²) in [6.07, 6.45) is -11.0. The topological polar surface area (TPSA) is 106 Å². The van der Waals surface area contributed by atoms with Crippen LogP contribution in [0, 0.1) is 6.92 Å². The third kappa shape index (κ3) is 12.3. The Balaban J connectivity index is 0.000000212. The van der Waals surface area contributed by atoms with Crippen molar-refractivity contribution in [1.82, 2.24) is 15.1 Å². The van der Waals surface area contributed by atoms with Crippen molar-refractivity contribution in [3.63, 3.8) is 0 Å². The molecule has 2 bridgehead atoms. The number of fused-ring (bicyclic) bond motifs is 1. The molecule has 1 unspecified atom stereocenters. The average Bonchev–Trinajstić information content (AvgIpc) is 3.66. The molecule has 72 heavy (non-hydrogen) atoms. The number of carbonyl (C=O) groups is 2. The first-order valence-corrected chi connectivity index (χ1v) is 24.4. The summed E-state index contributed by atoms with van der Waals surface area (Å²) >= 11 is 0. The molecule has 4 aromatic rings. The van der Waals surface area contributed by atoms with Gasteiger partial charge in [-0.1, -0.05) is 72.3 Å². The lowest BCUT2D eigenvalue weighted by Gasteiger charge is -2.59. The van der Waals surface area contributed by atoms with Gasteiger partial charge in [0.15, 0.2) is 0 Å². The zero-order valence-electron chi connectivity index (χ0n) is 40.9. The Bertz CT molecular complexity index is 2470. The van der Waals surface area contributed by atoms with Gasteiger partial charge in [0.1, 0.15) is 0 Å². The molecule has 9 nitrogen and oxygen atoms in total. The van der Waals surface area contributed by atoms with E-state index in [1.54, 1.807) is 26.8 Å². The van der Waals surface area contributed by atoms with Crippen LogP contribution < -0.4 is 11.1 Å². The van der Waals surface area contributed by atoms with E-state index < -0.39 is 64.0 Å². The van der Waals surface area contributed by atoms with Crippen LogP contribution in [0.1, 0.15) is 129 Å². The molecule has 0 radical (unpaired) electrons. The van der Waals surface area contributed by atoms with Crippen LogP contribution in [-0.4, -0.2) is 78.8 Å². The highest BCUT2D eigenvalue weighted by Gasteiger charge is 2.57. The summed E-state index contributed by atoms with van der Waals surface area (Å²) in [5, 5.41) is 3.57. The average molecular weight is 1020 g/mol. The van der Waals surface area contributed by atoms with Gasteiger partial charge in [-0.3, -0.25) is 14.5 Å². The lowest BCUT2D eigenvalue weighted by atomic mass is 9.72. The maximum atomic E-state index is 13.4. The number of amides is 1. The third-order valence-electron chi connectivity index (χ3n) is 15.1. The summed E-state index contributed by atoms with van der Waals surface area (Å²) in [7, 11) is 0. The summed E-state index contributed by atoms with van der Waals surface area (Å²) in [4.78, 5) is 28.5. The molecule has 1 amide bonds. The summed E-state index contributed by atoms with van der Waals surface area (Å²) < 4.78 is 138. The minimum absolute atomic E-state index is 0.0970. The quantitative estimate of drug-likeness (QED) is 0.0950. The number of alkyl halides is 9. The predicted octanol–water partition coefficient (Wildman–Crippen LogP) is 11.6. The van der Waals surface area contributed by atoms with E-state index in [1.807, 2.05) is 65.6 Å². The number of aryl methyl sites for hydroxylation is 1. The van der Waals surface area contributed by atoms with Crippen molar-refractivity contribution < 1.29 is 63.3 Å². The van der Waals surface area contributed by atoms with Crippen molar-refractivity contribution in [2.24, 2.45) is 5.73 Å². The molecule has 0 aromatic heterocycles. The Labute approximate surface area is 414 Å². The van der Waals surface area contributed by atoms with Crippen molar-refractivity contribution >= 4 is 11.9 Å².